The van der Waals surface area contributed by atoms with E-state index in [1.807, 2.05) is 0 Å². The number of carboxylic acids is 1. The highest BCUT2D eigenvalue weighted by Gasteiger charge is 2.21. The Morgan fingerprint density at radius 2 is 1.94 bits per heavy atom. The number of carbonyl (C=O) groups is 2. The van der Waals surface area contributed by atoms with Crippen molar-refractivity contribution in [1.29, 1.82) is 0 Å². The molecule has 1 aliphatic heterocycles. The third-order valence-corrected chi connectivity index (χ3v) is 4.98. The normalized spacial score (nSPS) is 12.2. The Labute approximate surface area is 182 Å². The van der Waals surface area contributed by atoms with E-state index in [9.17, 15) is 19.8 Å². The second-order valence-corrected chi connectivity index (χ2v) is 7.32. The fourth-order valence-electron chi connectivity index (χ4n) is 3.37. The Balaban J connectivity index is 1.61. The molecule has 2 aromatic carbocycles. The molecule has 2 heterocycles. The summed E-state index contributed by atoms with van der Waals surface area (Å²) in [6.45, 7) is 5.37. The molecular weight excluding hydrogens is 418 g/mol. The standard InChI is InChI=1S/C22H21N3O7/c1-12(2)22(29)30-8-4-3-5-13-14(21(27)28)6-7-15-20(13)24-25(23-15)16-9-18-19(10-17(16)26)32-11-31-18/h6-7,9-10,26H,1,3-5,8,11H2,2H3,(H,27,28). The summed E-state index contributed by atoms with van der Waals surface area (Å²) in [6, 6.07) is 6.04. The van der Waals surface area contributed by atoms with E-state index in [-0.39, 0.29) is 30.4 Å². The van der Waals surface area contributed by atoms with E-state index in [4.69, 9.17) is 14.2 Å². The van der Waals surface area contributed by atoms with Crippen LogP contribution in [0.4, 0.5) is 0 Å². The van der Waals surface area contributed by atoms with Crippen molar-refractivity contribution in [3.05, 3.63) is 47.5 Å². The molecule has 0 fully saturated rings. The quantitative estimate of drug-likeness (QED) is 0.309. The molecule has 0 saturated heterocycles. The number of unbranched alkanes of at least 4 members (excludes halogenated alkanes) is 1. The van der Waals surface area contributed by atoms with Gasteiger partial charge in [0.05, 0.1) is 12.2 Å². The number of ether oxygens (including phenoxy) is 3. The summed E-state index contributed by atoms with van der Waals surface area (Å²) in [6.07, 6.45) is 1.52. The van der Waals surface area contributed by atoms with Crippen LogP contribution in [-0.2, 0) is 16.0 Å². The molecule has 0 atom stereocenters. The minimum atomic E-state index is -1.07. The van der Waals surface area contributed by atoms with Gasteiger partial charge in [-0.1, -0.05) is 6.58 Å². The number of carboxylic acid groups (broad SMARTS) is 1. The first-order chi connectivity index (χ1) is 15.3. The Bertz CT molecular complexity index is 1230. The second-order valence-electron chi connectivity index (χ2n) is 7.32. The van der Waals surface area contributed by atoms with Crippen LogP contribution in [0.3, 0.4) is 0 Å². The van der Waals surface area contributed by atoms with Crippen LogP contribution in [0.25, 0.3) is 16.7 Å². The zero-order valence-electron chi connectivity index (χ0n) is 17.3. The first-order valence-corrected chi connectivity index (χ1v) is 9.93. The zero-order valence-corrected chi connectivity index (χ0v) is 17.3. The smallest absolute Gasteiger partial charge is 0.336 e. The van der Waals surface area contributed by atoms with Gasteiger partial charge in [0.1, 0.15) is 22.5 Å². The number of benzene rings is 2. The van der Waals surface area contributed by atoms with Gasteiger partial charge in [-0.25, -0.2) is 9.59 Å². The summed E-state index contributed by atoms with van der Waals surface area (Å²) >= 11 is 0. The number of fused-ring (bicyclic) bond motifs is 2. The molecule has 4 rings (SSSR count). The summed E-state index contributed by atoms with van der Waals surface area (Å²) in [5.74, 6) is -0.756. The Kier molecular flexibility index (Phi) is 5.67. The van der Waals surface area contributed by atoms with Crippen molar-refractivity contribution >= 4 is 23.0 Å². The summed E-state index contributed by atoms with van der Waals surface area (Å²) in [4.78, 5) is 24.5. The predicted octanol–water partition coefficient (Wildman–Crippen LogP) is 3.00. The van der Waals surface area contributed by atoms with E-state index in [2.05, 4.69) is 16.8 Å². The van der Waals surface area contributed by atoms with E-state index in [0.29, 0.717) is 52.9 Å². The van der Waals surface area contributed by atoms with E-state index in [1.165, 1.54) is 16.9 Å². The molecule has 1 aliphatic rings. The van der Waals surface area contributed by atoms with E-state index in [0.717, 1.165) is 0 Å². The summed E-state index contributed by atoms with van der Waals surface area (Å²) in [7, 11) is 0. The van der Waals surface area contributed by atoms with Crippen LogP contribution in [0.15, 0.2) is 36.4 Å². The maximum atomic E-state index is 11.8. The Morgan fingerprint density at radius 1 is 1.19 bits per heavy atom. The van der Waals surface area contributed by atoms with Crippen LogP contribution >= 0.6 is 0 Å². The number of rotatable bonds is 8. The minimum absolute atomic E-state index is 0.0561. The average molecular weight is 439 g/mol. The molecule has 0 spiro atoms. The maximum Gasteiger partial charge on any atom is 0.336 e. The molecule has 10 heteroatoms. The van der Waals surface area contributed by atoms with Crippen molar-refractivity contribution in [2.45, 2.75) is 26.2 Å². The van der Waals surface area contributed by atoms with Crippen LogP contribution in [0.5, 0.6) is 17.2 Å². The van der Waals surface area contributed by atoms with Gasteiger partial charge in [0.25, 0.3) is 0 Å². The largest absolute Gasteiger partial charge is 0.505 e. The second kappa shape index (κ2) is 8.58. The Morgan fingerprint density at radius 3 is 2.66 bits per heavy atom. The van der Waals surface area contributed by atoms with Gasteiger partial charge in [-0.2, -0.15) is 0 Å². The van der Waals surface area contributed by atoms with Gasteiger partial charge in [-0.15, -0.1) is 15.0 Å². The minimum Gasteiger partial charge on any atom is -0.505 e. The molecule has 0 bridgehead atoms. The van der Waals surface area contributed by atoms with Crippen LogP contribution in [0, 0.1) is 0 Å². The average Bonchev–Trinajstić information content (AvgIpc) is 3.38. The Hall–Kier alpha value is -4.08. The molecule has 0 aliphatic carbocycles. The zero-order chi connectivity index (χ0) is 22.8. The van der Waals surface area contributed by atoms with Gasteiger partial charge in [-0.3, -0.25) is 0 Å². The molecule has 10 nitrogen and oxygen atoms in total. The maximum absolute atomic E-state index is 11.8. The van der Waals surface area contributed by atoms with Crippen LogP contribution < -0.4 is 9.47 Å². The molecule has 1 aromatic heterocycles. The van der Waals surface area contributed by atoms with Crippen LogP contribution in [0.1, 0.15) is 35.7 Å². The van der Waals surface area contributed by atoms with Crippen molar-refractivity contribution < 1.29 is 34.0 Å². The highest BCUT2D eigenvalue weighted by Crippen LogP contribution is 2.39. The number of phenolic OH excluding ortho intramolecular Hbond substituents is 1. The van der Waals surface area contributed by atoms with Crippen molar-refractivity contribution in [3.63, 3.8) is 0 Å². The number of aromatic hydroxyl groups is 1. The van der Waals surface area contributed by atoms with Crippen molar-refractivity contribution in [1.82, 2.24) is 15.0 Å². The topological polar surface area (TPSA) is 133 Å². The number of aromatic carboxylic acids is 1. The van der Waals surface area contributed by atoms with Gasteiger partial charge in [0.15, 0.2) is 11.5 Å². The lowest BCUT2D eigenvalue weighted by Gasteiger charge is -2.07. The molecule has 0 unspecified atom stereocenters. The van der Waals surface area contributed by atoms with E-state index >= 15 is 0 Å². The van der Waals surface area contributed by atoms with Crippen molar-refractivity contribution in [2.24, 2.45) is 0 Å². The molecule has 32 heavy (non-hydrogen) atoms. The predicted molar refractivity (Wildman–Crippen MR) is 112 cm³/mol. The van der Waals surface area contributed by atoms with E-state index in [1.54, 1.807) is 19.1 Å². The van der Waals surface area contributed by atoms with E-state index < -0.39 is 11.9 Å². The number of carbonyl (C=O) groups excluding carboxylic acids is 1. The molecule has 0 radical (unpaired) electrons. The molecule has 2 N–H and O–H groups in total. The first-order valence-electron chi connectivity index (χ1n) is 9.93. The lowest BCUT2D eigenvalue weighted by Crippen LogP contribution is -2.07. The summed E-state index contributed by atoms with van der Waals surface area (Å²) < 4.78 is 15.7. The number of hydrogen-bond donors (Lipinski definition) is 2. The van der Waals surface area contributed by atoms with Gasteiger partial charge >= 0.3 is 11.9 Å². The fraction of sp³-hybridized carbons (Fsp3) is 0.273. The van der Waals surface area contributed by atoms with Crippen LogP contribution in [0.2, 0.25) is 0 Å². The highest BCUT2D eigenvalue weighted by molar-refractivity contribution is 5.95. The first kappa shape index (κ1) is 21.2. The molecule has 0 amide bonds. The SMILES string of the molecule is C=C(C)C(=O)OCCCCc1c(C(=O)O)ccc2nn(-c3cc4c(cc3O)OCO4)nc12. The van der Waals surface area contributed by atoms with Crippen molar-refractivity contribution in [3.8, 4) is 22.9 Å². The van der Waals surface area contributed by atoms with Gasteiger partial charge in [0, 0.05) is 17.7 Å². The van der Waals surface area contributed by atoms with Crippen LogP contribution in [-0.4, -0.2) is 50.5 Å². The van der Waals surface area contributed by atoms with Gasteiger partial charge in [-0.05, 0) is 43.9 Å². The number of aromatic nitrogens is 3. The summed E-state index contributed by atoms with van der Waals surface area (Å²) in [5.41, 5.74) is 2.15. The molecule has 3 aromatic rings. The third kappa shape index (κ3) is 4.07. The lowest BCUT2D eigenvalue weighted by atomic mass is 10.00. The monoisotopic (exact) mass is 439 g/mol. The van der Waals surface area contributed by atoms with Gasteiger partial charge in [0.2, 0.25) is 6.79 Å². The molecule has 166 valence electrons. The number of aryl methyl sites for hydroxylation is 1. The third-order valence-electron chi connectivity index (χ3n) is 4.98. The number of nitrogens with zero attached hydrogens (tertiary/aromatic N) is 3. The number of hydrogen-bond acceptors (Lipinski definition) is 8. The summed E-state index contributed by atoms with van der Waals surface area (Å²) in [5, 5.41) is 28.8. The molecule has 0 saturated carbocycles. The lowest BCUT2D eigenvalue weighted by molar-refractivity contribution is -0.139. The molecular formula is C22H21N3O7. The number of esters is 1. The highest BCUT2D eigenvalue weighted by atomic mass is 16.7. The van der Waals surface area contributed by atoms with Crippen molar-refractivity contribution in [2.75, 3.05) is 13.4 Å². The fourth-order valence-corrected chi connectivity index (χ4v) is 3.37. The number of phenols is 1. The van der Waals surface area contributed by atoms with Gasteiger partial charge < -0.3 is 24.4 Å².